The normalized spacial score (nSPS) is 10.8. The number of esters is 2. The number of hydrogen-bond donors (Lipinski definition) is 0. The first-order chi connectivity index (χ1) is 18.5. The summed E-state index contributed by atoms with van der Waals surface area (Å²) in [5.74, 6) is -0.0194. The van der Waals surface area contributed by atoms with Crippen LogP contribution in [-0.2, 0) is 15.7 Å². The van der Waals surface area contributed by atoms with Crippen molar-refractivity contribution in [3.8, 4) is 11.5 Å². The van der Waals surface area contributed by atoms with E-state index in [1.165, 1.54) is 9.79 Å². The molecular weight excluding hydrogens is 492 g/mol. The average Bonchev–Trinajstić information content (AvgIpc) is 2.95. The number of carbonyl (C=O) groups is 2. The summed E-state index contributed by atoms with van der Waals surface area (Å²) in [4.78, 5) is 28.3. The molecule has 5 aromatic carbocycles. The molecular formula is C33H25O4S+. The van der Waals surface area contributed by atoms with E-state index in [4.69, 9.17) is 9.47 Å². The molecule has 5 aromatic rings. The van der Waals surface area contributed by atoms with Crippen LogP contribution in [-0.4, -0.2) is 11.9 Å². The molecule has 38 heavy (non-hydrogen) atoms. The summed E-state index contributed by atoms with van der Waals surface area (Å²) in [5, 5.41) is 1.67. The molecule has 0 unspecified atom stereocenters. The predicted molar refractivity (Wildman–Crippen MR) is 151 cm³/mol. The van der Waals surface area contributed by atoms with Gasteiger partial charge in [0.2, 0.25) is 0 Å². The summed E-state index contributed by atoms with van der Waals surface area (Å²) < 4.78 is 11.0. The van der Waals surface area contributed by atoms with Gasteiger partial charge in [0.1, 0.15) is 11.5 Å². The van der Waals surface area contributed by atoms with Crippen LogP contribution in [0.1, 0.15) is 17.3 Å². The molecule has 5 rings (SSSR count). The van der Waals surface area contributed by atoms with Crippen LogP contribution in [0.2, 0.25) is 0 Å². The van der Waals surface area contributed by atoms with Gasteiger partial charge in [-0.2, -0.15) is 0 Å². The minimum absolute atomic E-state index is 0.273. The van der Waals surface area contributed by atoms with Crippen LogP contribution >= 0.6 is 0 Å². The first-order valence-electron chi connectivity index (χ1n) is 12.1. The lowest BCUT2D eigenvalue weighted by atomic mass is 10.1. The molecule has 0 N–H and O–H groups in total. The Labute approximate surface area is 224 Å². The summed E-state index contributed by atoms with van der Waals surface area (Å²) in [6.45, 7) is 5.19. The highest BCUT2D eigenvalue weighted by Gasteiger charge is 2.28. The first-order valence-corrected chi connectivity index (χ1v) is 13.3. The van der Waals surface area contributed by atoms with Gasteiger partial charge in [0, 0.05) is 5.57 Å². The summed E-state index contributed by atoms with van der Waals surface area (Å²) >= 11 is 0. The van der Waals surface area contributed by atoms with E-state index in [1.54, 1.807) is 43.3 Å². The molecule has 0 radical (unpaired) electrons. The summed E-state index contributed by atoms with van der Waals surface area (Å²) in [5.41, 5.74) is 0.758. The Morgan fingerprint density at radius 1 is 0.605 bits per heavy atom. The van der Waals surface area contributed by atoms with Crippen LogP contribution in [0.4, 0.5) is 0 Å². The maximum Gasteiger partial charge on any atom is 0.343 e. The summed E-state index contributed by atoms with van der Waals surface area (Å²) in [7, 11) is -0.273. The molecule has 0 aliphatic carbocycles. The highest BCUT2D eigenvalue weighted by molar-refractivity contribution is 7.97. The number of hydrogen-bond acceptors (Lipinski definition) is 4. The molecule has 0 aliphatic heterocycles. The van der Waals surface area contributed by atoms with Gasteiger partial charge in [-0.15, -0.1) is 0 Å². The molecule has 0 aliphatic rings. The maximum atomic E-state index is 12.9. The van der Waals surface area contributed by atoms with Gasteiger partial charge in [-0.25, -0.2) is 9.59 Å². The fourth-order valence-electron chi connectivity index (χ4n) is 3.94. The van der Waals surface area contributed by atoms with E-state index in [2.05, 4.69) is 30.8 Å². The fourth-order valence-corrected chi connectivity index (χ4v) is 6.02. The largest absolute Gasteiger partial charge is 0.423 e. The van der Waals surface area contributed by atoms with Crippen molar-refractivity contribution in [1.29, 1.82) is 0 Å². The molecule has 0 amide bonds. The minimum Gasteiger partial charge on any atom is -0.423 e. The number of benzene rings is 5. The van der Waals surface area contributed by atoms with Crippen molar-refractivity contribution in [3.63, 3.8) is 0 Å². The monoisotopic (exact) mass is 517 g/mol. The molecule has 0 heterocycles. The zero-order valence-electron chi connectivity index (χ0n) is 20.8. The van der Waals surface area contributed by atoms with Gasteiger partial charge in [-0.05, 0) is 90.5 Å². The smallest absolute Gasteiger partial charge is 0.343 e. The van der Waals surface area contributed by atoms with Crippen molar-refractivity contribution in [1.82, 2.24) is 0 Å². The van der Waals surface area contributed by atoms with Crippen LogP contribution in [0.25, 0.3) is 10.8 Å². The standard InChI is InChI=1S/C33H25O4S/c1-23(2)32(34)37-28-16-15-24-21-26(14-13-25(24)22-28)33(35)36-27-17-19-31(20-18-27)38(29-9-5-3-6-10-29)30-11-7-4-8-12-30/h3-22H,1H2,2H3/q+1. The minimum atomic E-state index is -0.477. The van der Waals surface area contributed by atoms with Gasteiger partial charge in [0.05, 0.1) is 16.5 Å². The molecule has 5 heteroatoms. The van der Waals surface area contributed by atoms with Crippen LogP contribution < -0.4 is 9.47 Å². The van der Waals surface area contributed by atoms with Crippen LogP contribution in [0, 0.1) is 0 Å². The third-order valence-electron chi connectivity index (χ3n) is 5.83. The van der Waals surface area contributed by atoms with E-state index in [0.29, 0.717) is 22.6 Å². The Hall–Kier alpha value is -4.61. The molecule has 0 atom stereocenters. The second-order valence-corrected chi connectivity index (χ2v) is 10.7. The Morgan fingerprint density at radius 2 is 1.13 bits per heavy atom. The third-order valence-corrected chi connectivity index (χ3v) is 8.06. The molecule has 0 spiro atoms. The van der Waals surface area contributed by atoms with E-state index < -0.39 is 11.9 Å². The fraction of sp³-hybridized carbons (Fsp3) is 0.0303. The van der Waals surface area contributed by atoms with Crippen molar-refractivity contribution < 1.29 is 19.1 Å². The number of ether oxygens (including phenoxy) is 2. The van der Waals surface area contributed by atoms with Crippen LogP contribution in [0.15, 0.2) is 148 Å². The van der Waals surface area contributed by atoms with Gasteiger partial charge in [-0.1, -0.05) is 55.1 Å². The quantitative estimate of drug-likeness (QED) is 0.0964. The van der Waals surface area contributed by atoms with E-state index in [9.17, 15) is 9.59 Å². The van der Waals surface area contributed by atoms with Gasteiger partial charge < -0.3 is 9.47 Å². The van der Waals surface area contributed by atoms with Gasteiger partial charge >= 0.3 is 11.9 Å². The second-order valence-electron chi connectivity index (χ2n) is 8.69. The van der Waals surface area contributed by atoms with Crippen LogP contribution in [0.5, 0.6) is 11.5 Å². The van der Waals surface area contributed by atoms with Gasteiger partial charge in [0.15, 0.2) is 14.7 Å². The summed E-state index contributed by atoms with van der Waals surface area (Å²) in [6.07, 6.45) is 0. The Bertz CT molecular complexity index is 1570. The molecule has 0 saturated carbocycles. The van der Waals surface area contributed by atoms with Crippen molar-refractivity contribution in [2.24, 2.45) is 0 Å². The highest BCUT2D eigenvalue weighted by Crippen LogP contribution is 2.32. The molecule has 0 fully saturated rings. The SMILES string of the molecule is C=C(C)C(=O)Oc1ccc2cc(C(=O)Oc3ccc([S+](c4ccccc4)c4ccccc4)cc3)ccc2c1. The Morgan fingerprint density at radius 3 is 1.74 bits per heavy atom. The highest BCUT2D eigenvalue weighted by atomic mass is 32.2. The van der Waals surface area contributed by atoms with E-state index in [0.717, 1.165) is 15.7 Å². The van der Waals surface area contributed by atoms with E-state index >= 15 is 0 Å². The lowest BCUT2D eigenvalue weighted by molar-refractivity contribution is -0.130. The van der Waals surface area contributed by atoms with E-state index in [-0.39, 0.29) is 10.9 Å². The van der Waals surface area contributed by atoms with Crippen LogP contribution in [0.3, 0.4) is 0 Å². The number of rotatable bonds is 7. The molecule has 4 nitrogen and oxygen atoms in total. The number of carbonyl (C=O) groups excluding carboxylic acids is 2. The molecule has 0 aromatic heterocycles. The van der Waals surface area contributed by atoms with Gasteiger partial charge in [-0.3, -0.25) is 0 Å². The molecule has 186 valence electrons. The summed E-state index contributed by atoms with van der Waals surface area (Å²) in [6, 6.07) is 39.0. The van der Waals surface area contributed by atoms with Gasteiger partial charge in [0.25, 0.3) is 0 Å². The Balaban J connectivity index is 1.33. The first kappa shape index (κ1) is 25.1. The maximum absolute atomic E-state index is 12.9. The number of fused-ring (bicyclic) bond motifs is 1. The lowest BCUT2D eigenvalue weighted by Gasteiger charge is -2.09. The average molecular weight is 518 g/mol. The third kappa shape index (κ3) is 5.69. The van der Waals surface area contributed by atoms with Crippen molar-refractivity contribution >= 4 is 33.6 Å². The van der Waals surface area contributed by atoms with Crippen molar-refractivity contribution in [2.75, 3.05) is 0 Å². The lowest BCUT2D eigenvalue weighted by Crippen LogP contribution is -2.09. The second kappa shape index (κ2) is 11.2. The zero-order valence-corrected chi connectivity index (χ0v) is 21.6. The van der Waals surface area contributed by atoms with E-state index in [1.807, 2.05) is 60.7 Å². The molecule has 0 saturated heterocycles. The Kier molecular flexibility index (Phi) is 7.38. The molecule has 0 bridgehead atoms. The predicted octanol–water partition coefficient (Wildman–Crippen LogP) is 7.64. The van der Waals surface area contributed by atoms with Crippen molar-refractivity contribution in [3.05, 3.63) is 139 Å². The van der Waals surface area contributed by atoms with Crippen molar-refractivity contribution in [2.45, 2.75) is 21.6 Å². The topological polar surface area (TPSA) is 52.6 Å². The zero-order chi connectivity index (χ0) is 26.5.